The Morgan fingerprint density at radius 2 is 1.73 bits per heavy atom. The van der Waals surface area contributed by atoms with E-state index in [0.717, 1.165) is 5.56 Å². The molecule has 1 amide bonds. The van der Waals surface area contributed by atoms with Crippen molar-refractivity contribution in [2.45, 2.75) is 25.2 Å². The molecule has 22 heavy (non-hydrogen) atoms. The predicted octanol–water partition coefficient (Wildman–Crippen LogP) is 2.36. The molecule has 4 atom stereocenters. The third kappa shape index (κ3) is 2.13. The van der Waals surface area contributed by atoms with Gasteiger partial charge in [0.2, 0.25) is 5.91 Å². The second-order valence-electron chi connectivity index (χ2n) is 6.99. The number of rotatable bonds is 3. The monoisotopic (exact) mass is 299 g/mol. The zero-order valence-corrected chi connectivity index (χ0v) is 12.5. The molecule has 0 bridgehead atoms. The van der Waals surface area contributed by atoms with Crippen LogP contribution in [0.5, 0.6) is 0 Å². The quantitative estimate of drug-likeness (QED) is 0.932. The van der Waals surface area contributed by atoms with Crippen LogP contribution in [0, 0.1) is 23.7 Å². The maximum atomic E-state index is 12.7. The van der Waals surface area contributed by atoms with Gasteiger partial charge >= 0.3 is 5.97 Å². The summed E-state index contributed by atoms with van der Waals surface area (Å²) < 4.78 is 0. The molecule has 1 aromatic carbocycles. The average Bonchev–Trinajstić information content (AvgIpc) is 2.93. The summed E-state index contributed by atoms with van der Waals surface area (Å²) >= 11 is 0. The minimum atomic E-state index is -0.792. The number of aliphatic carboxylic acids is 1. The second-order valence-corrected chi connectivity index (χ2v) is 6.99. The molecule has 4 nitrogen and oxygen atoms in total. The number of carboxylic acid groups (broad SMARTS) is 1. The number of hydrogen-bond acceptors (Lipinski definition) is 2. The molecule has 1 aromatic rings. The molecule has 2 unspecified atom stereocenters. The van der Waals surface area contributed by atoms with Crippen LogP contribution < -0.4 is 0 Å². The standard InChI is InChI=1S/C18H21NO3/c20-17(16-12-7-4-8-13(12)16)19-9-14(15(10-19)18(21)22)11-5-2-1-3-6-11/h1-3,5-6,12-16H,4,7-10H2,(H,21,22)/t12?,13?,14-,15-,16?/m1/s1. The Morgan fingerprint density at radius 3 is 2.36 bits per heavy atom. The van der Waals surface area contributed by atoms with E-state index in [1.165, 1.54) is 19.3 Å². The Balaban J connectivity index is 1.52. The molecule has 3 aliphatic rings. The van der Waals surface area contributed by atoms with Crippen LogP contribution in [-0.2, 0) is 9.59 Å². The van der Waals surface area contributed by atoms with Gasteiger partial charge in [-0.3, -0.25) is 9.59 Å². The summed E-state index contributed by atoms with van der Waals surface area (Å²) in [6.07, 6.45) is 3.61. The summed E-state index contributed by atoms with van der Waals surface area (Å²) in [6.45, 7) is 0.916. The molecule has 4 heteroatoms. The first-order chi connectivity index (χ1) is 10.7. The highest BCUT2D eigenvalue weighted by atomic mass is 16.4. The van der Waals surface area contributed by atoms with E-state index in [-0.39, 0.29) is 17.7 Å². The Bertz CT molecular complexity index is 590. The number of hydrogen-bond donors (Lipinski definition) is 1. The molecular formula is C18H21NO3. The van der Waals surface area contributed by atoms with Gasteiger partial charge in [0, 0.05) is 24.9 Å². The van der Waals surface area contributed by atoms with Crippen molar-refractivity contribution < 1.29 is 14.7 Å². The molecule has 116 valence electrons. The maximum absolute atomic E-state index is 12.7. The maximum Gasteiger partial charge on any atom is 0.308 e. The third-order valence-electron chi connectivity index (χ3n) is 5.87. The molecule has 0 radical (unpaired) electrons. The highest BCUT2D eigenvalue weighted by molar-refractivity contribution is 5.84. The first-order valence-corrected chi connectivity index (χ1v) is 8.23. The first-order valence-electron chi connectivity index (χ1n) is 8.23. The van der Waals surface area contributed by atoms with E-state index >= 15 is 0 Å². The lowest BCUT2D eigenvalue weighted by Crippen LogP contribution is -2.32. The molecule has 0 spiro atoms. The summed E-state index contributed by atoms with van der Waals surface area (Å²) in [4.78, 5) is 26.1. The van der Waals surface area contributed by atoms with Crippen molar-refractivity contribution in [2.75, 3.05) is 13.1 Å². The van der Waals surface area contributed by atoms with Gasteiger partial charge in [0.1, 0.15) is 0 Å². The molecule has 1 N–H and O–H groups in total. The predicted molar refractivity (Wildman–Crippen MR) is 81.2 cm³/mol. The van der Waals surface area contributed by atoms with E-state index in [1.807, 2.05) is 35.2 Å². The molecular weight excluding hydrogens is 278 g/mol. The zero-order valence-electron chi connectivity index (χ0n) is 12.5. The van der Waals surface area contributed by atoms with Gasteiger partial charge in [-0.25, -0.2) is 0 Å². The number of fused-ring (bicyclic) bond motifs is 1. The molecule has 0 aromatic heterocycles. The summed E-state index contributed by atoms with van der Waals surface area (Å²) in [7, 11) is 0. The molecule has 1 heterocycles. The lowest BCUT2D eigenvalue weighted by molar-refractivity contribution is -0.142. The Morgan fingerprint density at radius 1 is 1.05 bits per heavy atom. The molecule has 2 saturated carbocycles. The fourth-order valence-corrected chi connectivity index (χ4v) is 4.67. The number of amides is 1. The van der Waals surface area contributed by atoms with Crippen molar-refractivity contribution >= 4 is 11.9 Å². The molecule has 3 fully saturated rings. The van der Waals surface area contributed by atoms with E-state index in [9.17, 15) is 14.7 Å². The molecule has 1 aliphatic heterocycles. The van der Waals surface area contributed by atoms with Crippen LogP contribution in [0.4, 0.5) is 0 Å². The number of carbonyl (C=O) groups is 2. The first kappa shape index (κ1) is 13.8. The van der Waals surface area contributed by atoms with Crippen LogP contribution in [-0.4, -0.2) is 35.0 Å². The van der Waals surface area contributed by atoms with Crippen molar-refractivity contribution in [3.05, 3.63) is 35.9 Å². The summed E-state index contributed by atoms with van der Waals surface area (Å²) in [6, 6.07) is 9.75. The number of nitrogens with zero attached hydrogens (tertiary/aromatic N) is 1. The lowest BCUT2D eigenvalue weighted by atomic mass is 9.89. The summed E-state index contributed by atoms with van der Waals surface area (Å²) in [5.41, 5.74) is 1.03. The highest BCUT2D eigenvalue weighted by Gasteiger charge is 2.58. The van der Waals surface area contributed by atoms with E-state index in [2.05, 4.69) is 0 Å². The van der Waals surface area contributed by atoms with Crippen LogP contribution in [0.3, 0.4) is 0 Å². The van der Waals surface area contributed by atoms with Gasteiger partial charge in [0.05, 0.1) is 5.92 Å². The molecule has 2 aliphatic carbocycles. The van der Waals surface area contributed by atoms with Crippen LogP contribution in [0.2, 0.25) is 0 Å². The Hall–Kier alpha value is -1.84. The van der Waals surface area contributed by atoms with Gasteiger partial charge in [-0.05, 0) is 30.2 Å². The average molecular weight is 299 g/mol. The van der Waals surface area contributed by atoms with Crippen LogP contribution in [0.15, 0.2) is 30.3 Å². The van der Waals surface area contributed by atoms with Gasteiger partial charge in [0.25, 0.3) is 0 Å². The van der Waals surface area contributed by atoms with Crippen LogP contribution >= 0.6 is 0 Å². The number of carbonyl (C=O) groups excluding carboxylic acids is 1. The van der Waals surface area contributed by atoms with Crippen molar-refractivity contribution in [3.8, 4) is 0 Å². The number of likely N-dealkylation sites (tertiary alicyclic amines) is 1. The van der Waals surface area contributed by atoms with Crippen molar-refractivity contribution in [3.63, 3.8) is 0 Å². The lowest BCUT2D eigenvalue weighted by Gasteiger charge is -2.17. The molecule has 1 saturated heterocycles. The van der Waals surface area contributed by atoms with E-state index in [4.69, 9.17) is 0 Å². The minimum absolute atomic E-state index is 0.0822. The summed E-state index contributed by atoms with van der Waals surface area (Å²) in [5, 5.41) is 9.52. The number of carboxylic acids is 1. The molecule has 4 rings (SSSR count). The van der Waals surface area contributed by atoms with Crippen LogP contribution in [0.1, 0.15) is 30.7 Å². The van der Waals surface area contributed by atoms with E-state index in [0.29, 0.717) is 24.9 Å². The largest absolute Gasteiger partial charge is 0.481 e. The highest BCUT2D eigenvalue weighted by Crippen LogP contribution is 2.58. The van der Waals surface area contributed by atoms with Crippen molar-refractivity contribution in [1.82, 2.24) is 4.90 Å². The topological polar surface area (TPSA) is 57.6 Å². The SMILES string of the molecule is O=C(O)[C@@H]1CN(C(=O)C2C3CCCC32)C[C@@H]1c1ccccc1. The Labute approximate surface area is 130 Å². The Kier molecular flexibility index (Phi) is 3.21. The van der Waals surface area contributed by atoms with Crippen LogP contribution in [0.25, 0.3) is 0 Å². The van der Waals surface area contributed by atoms with E-state index in [1.54, 1.807) is 0 Å². The minimum Gasteiger partial charge on any atom is -0.481 e. The van der Waals surface area contributed by atoms with Gasteiger partial charge in [0.15, 0.2) is 0 Å². The van der Waals surface area contributed by atoms with Gasteiger partial charge in [-0.1, -0.05) is 36.8 Å². The van der Waals surface area contributed by atoms with Crippen molar-refractivity contribution in [1.29, 1.82) is 0 Å². The summed E-state index contributed by atoms with van der Waals surface area (Å²) in [5.74, 6) is 0.224. The van der Waals surface area contributed by atoms with Gasteiger partial charge in [-0.2, -0.15) is 0 Å². The second kappa shape index (κ2) is 5.11. The normalized spacial score (nSPS) is 36.2. The van der Waals surface area contributed by atoms with Gasteiger partial charge < -0.3 is 10.0 Å². The third-order valence-corrected chi connectivity index (χ3v) is 5.87. The van der Waals surface area contributed by atoms with Gasteiger partial charge in [-0.15, -0.1) is 0 Å². The number of benzene rings is 1. The smallest absolute Gasteiger partial charge is 0.308 e. The fraction of sp³-hybridized carbons (Fsp3) is 0.556. The fourth-order valence-electron chi connectivity index (χ4n) is 4.67. The zero-order chi connectivity index (χ0) is 15.3. The van der Waals surface area contributed by atoms with E-state index < -0.39 is 11.9 Å². The van der Waals surface area contributed by atoms with Crippen molar-refractivity contribution in [2.24, 2.45) is 23.7 Å².